The molecular formula is C22H44O2. The standard InChI is InChI=1S/C22H44O2/c1-5-24-22(23)19-15-9-7-6-8-13-17-21(4)18-14-11-10-12-16-20(2)3/h20-21H,5-19H2,1-4H3. The second-order valence-electron chi connectivity index (χ2n) is 7.96. The van der Waals surface area contributed by atoms with E-state index < -0.39 is 0 Å². The lowest BCUT2D eigenvalue weighted by Gasteiger charge is -2.11. The largest absolute Gasteiger partial charge is 0.466 e. The maximum Gasteiger partial charge on any atom is 0.305 e. The molecule has 0 amide bonds. The number of hydrogen-bond donors (Lipinski definition) is 0. The zero-order valence-corrected chi connectivity index (χ0v) is 17.1. The lowest BCUT2D eigenvalue weighted by molar-refractivity contribution is -0.143. The van der Waals surface area contributed by atoms with Gasteiger partial charge in [-0.2, -0.15) is 0 Å². The second-order valence-corrected chi connectivity index (χ2v) is 7.96. The van der Waals surface area contributed by atoms with E-state index in [0.29, 0.717) is 13.0 Å². The molecule has 144 valence electrons. The highest BCUT2D eigenvalue weighted by molar-refractivity contribution is 5.69. The normalized spacial score (nSPS) is 12.5. The fourth-order valence-corrected chi connectivity index (χ4v) is 3.25. The molecule has 0 aromatic heterocycles. The summed E-state index contributed by atoms with van der Waals surface area (Å²) in [6.07, 6.45) is 18.0. The Labute approximate surface area is 152 Å². The van der Waals surface area contributed by atoms with Gasteiger partial charge in [-0.1, -0.05) is 97.8 Å². The van der Waals surface area contributed by atoms with Crippen molar-refractivity contribution in [3.8, 4) is 0 Å². The van der Waals surface area contributed by atoms with Crippen LogP contribution in [0.15, 0.2) is 0 Å². The third-order valence-corrected chi connectivity index (χ3v) is 4.86. The molecule has 0 N–H and O–H groups in total. The number of carbonyl (C=O) groups is 1. The van der Waals surface area contributed by atoms with Crippen LogP contribution in [0.2, 0.25) is 0 Å². The van der Waals surface area contributed by atoms with Crippen molar-refractivity contribution in [2.75, 3.05) is 6.61 Å². The van der Waals surface area contributed by atoms with Crippen LogP contribution in [0.3, 0.4) is 0 Å². The van der Waals surface area contributed by atoms with E-state index in [0.717, 1.165) is 18.3 Å². The van der Waals surface area contributed by atoms with Gasteiger partial charge < -0.3 is 4.74 Å². The molecule has 0 aliphatic carbocycles. The van der Waals surface area contributed by atoms with Crippen molar-refractivity contribution >= 4 is 5.97 Å². The quantitative estimate of drug-likeness (QED) is 0.205. The first kappa shape index (κ1) is 23.5. The summed E-state index contributed by atoms with van der Waals surface area (Å²) in [6, 6.07) is 0. The van der Waals surface area contributed by atoms with Gasteiger partial charge in [-0.25, -0.2) is 0 Å². The molecule has 24 heavy (non-hydrogen) atoms. The monoisotopic (exact) mass is 340 g/mol. The molecule has 0 heterocycles. The molecule has 0 aliphatic heterocycles. The molecule has 0 spiro atoms. The molecule has 0 bridgehead atoms. The zero-order valence-electron chi connectivity index (χ0n) is 17.1. The van der Waals surface area contributed by atoms with Gasteiger partial charge >= 0.3 is 5.97 Å². The molecule has 0 fully saturated rings. The van der Waals surface area contributed by atoms with Crippen molar-refractivity contribution in [1.82, 2.24) is 0 Å². The summed E-state index contributed by atoms with van der Waals surface area (Å²) in [6.45, 7) is 9.44. The van der Waals surface area contributed by atoms with Crippen molar-refractivity contribution in [2.45, 2.75) is 118 Å². The Balaban J connectivity index is 3.23. The minimum atomic E-state index is -0.0319. The van der Waals surface area contributed by atoms with Crippen LogP contribution < -0.4 is 0 Å². The Kier molecular flexibility index (Phi) is 16.9. The topological polar surface area (TPSA) is 26.3 Å². The smallest absolute Gasteiger partial charge is 0.305 e. The average molecular weight is 341 g/mol. The first-order chi connectivity index (χ1) is 11.6. The third-order valence-electron chi connectivity index (χ3n) is 4.86. The van der Waals surface area contributed by atoms with Crippen LogP contribution in [-0.2, 0) is 9.53 Å². The van der Waals surface area contributed by atoms with Crippen molar-refractivity contribution in [3.63, 3.8) is 0 Å². The molecule has 0 radical (unpaired) electrons. The van der Waals surface area contributed by atoms with Gasteiger partial charge in [-0.05, 0) is 25.2 Å². The molecule has 0 rings (SSSR count). The van der Waals surface area contributed by atoms with Gasteiger partial charge in [0.05, 0.1) is 6.61 Å². The Morgan fingerprint density at radius 3 is 1.67 bits per heavy atom. The predicted molar refractivity (Wildman–Crippen MR) is 105 cm³/mol. The lowest BCUT2D eigenvalue weighted by atomic mass is 9.95. The second kappa shape index (κ2) is 17.3. The summed E-state index contributed by atoms with van der Waals surface area (Å²) >= 11 is 0. The molecule has 0 saturated heterocycles. The first-order valence-corrected chi connectivity index (χ1v) is 10.7. The van der Waals surface area contributed by atoms with E-state index in [-0.39, 0.29) is 5.97 Å². The summed E-state index contributed by atoms with van der Waals surface area (Å²) in [5.74, 6) is 1.74. The number of unbranched alkanes of at least 4 members (excludes halogenated alkanes) is 8. The Morgan fingerprint density at radius 1 is 0.708 bits per heavy atom. The van der Waals surface area contributed by atoms with Crippen molar-refractivity contribution in [1.29, 1.82) is 0 Å². The van der Waals surface area contributed by atoms with Crippen molar-refractivity contribution in [2.24, 2.45) is 11.8 Å². The van der Waals surface area contributed by atoms with Gasteiger partial charge in [0.1, 0.15) is 0 Å². The van der Waals surface area contributed by atoms with Crippen LogP contribution >= 0.6 is 0 Å². The molecule has 0 aliphatic rings. The number of rotatable bonds is 17. The van der Waals surface area contributed by atoms with Crippen LogP contribution in [0.4, 0.5) is 0 Å². The first-order valence-electron chi connectivity index (χ1n) is 10.7. The highest BCUT2D eigenvalue weighted by atomic mass is 16.5. The molecule has 0 aromatic rings. The molecule has 2 heteroatoms. The Bertz CT molecular complexity index is 273. The fourth-order valence-electron chi connectivity index (χ4n) is 3.25. The van der Waals surface area contributed by atoms with Gasteiger partial charge in [0.2, 0.25) is 0 Å². The molecule has 1 unspecified atom stereocenters. The maximum absolute atomic E-state index is 11.2. The highest BCUT2D eigenvalue weighted by Gasteiger charge is 2.03. The number of ether oxygens (including phenoxy) is 1. The van der Waals surface area contributed by atoms with Crippen LogP contribution in [0.5, 0.6) is 0 Å². The molecular weight excluding hydrogens is 296 g/mol. The van der Waals surface area contributed by atoms with E-state index in [9.17, 15) is 4.79 Å². The zero-order chi connectivity index (χ0) is 18.0. The van der Waals surface area contributed by atoms with Gasteiger partial charge in [0.25, 0.3) is 0 Å². The summed E-state index contributed by atoms with van der Waals surface area (Å²) < 4.78 is 4.94. The summed E-state index contributed by atoms with van der Waals surface area (Å²) in [5, 5.41) is 0. The Hall–Kier alpha value is -0.530. The van der Waals surface area contributed by atoms with Crippen LogP contribution in [0, 0.1) is 11.8 Å². The average Bonchev–Trinajstić information content (AvgIpc) is 2.53. The van der Waals surface area contributed by atoms with Gasteiger partial charge in [0, 0.05) is 6.42 Å². The summed E-state index contributed by atoms with van der Waals surface area (Å²) in [4.78, 5) is 11.2. The summed E-state index contributed by atoms with van der Waals surface area (Å²) in [7, 11) is 0. The van der Waals surface area contributed by atoms with Crippen LogP contribution in [0.1, 0.15) is 118 Å². The number of esters is 1. The SMILES string of the molecule is CCOC(=O)CCCCCCCCC(C)CCCCCCC(C)C. The summed E-state index contributed by atoms with van der Waals surface area (Å²) in [5.41, 5.74) is 0. The fraction of sp³-hybridized carbons (Fsp3) is 0.955. The van der Waals surface area contributed by atoms with E-state index in [4.69, 9.17) is 4.74 Å². The molecule has 0 aromatic carbocycles. The van der Waals surface area contributed by atoms with Gasteiger partial charge in [-0.15, -0.1) is 0 Å². The highest BCUT2D eigenvalue weighted by Crippen LogP contribution is 2.19. The van der Waals surface area contributed by atoms with E-state index in [1.165, 1.54) is 77.0 Å². The Morgan fingerprint density at radius 2 is 1.17 bits per heavy atom. The van der Waals surface area contributed by atoms with Crippen molar-refractivity contribution < 1.29 is 9.53 Å². The third kappa shape index (κ3) is 17.8. The lowest BCUT2D eigenvalue weighted by Crippen LogP contribution is -2.03. The number of hydrogen-bond acceptors (Lipinski definition) is 2. The molecule has 2 nitrogen and oxygen atoms in total. The van der Waals surface area contributed by atoms with Crippen molar-refractivity contribution in [3.05, 3.63) is 0 Å². The molecule has 0 saturated carbocycles. The van der Waals surface area contributed by atoms with E-state index >= 15 is 0 Å². The van der Waals surface area contributed by atoms with E-state index in [1.54, 1.807) is 0 Å². The number of carbonyl (C=O) groups excluding carboxylic acids is 1. The van der Waals surface area contributed by atoms with Gasteiger partial charge in [0.15, 0.2) is 0 Å². The maximum atomic E-state index is 11.2. The van der Waals surface area contributed by atoms with Crippen LogP contribution in [-0.4, -0.2) is 12.6 Å². The minimum Gasteiger partial charge on any atom is -0.466 e. The van der Waals surface area contributed by atoms with E-state index in [2.05, 4.69) is 20.8 Å². The predicted octanol–water partition coefficient (Wildman–Crippen LogP) is 7.30. The minimum absolute atomic E-state index is 0.0319. The van der Waals surface area contributed by atoms with Crippen LogP contribution in [0.25, 0.3) is 0 Å². The molecule has 1 atom stereocenters. The van der Waals surface area contributed by atoms with Gasteiger partial charge in [-0.3, -0.25) is 4.79 Å². The van der Waals surface area contributed by atoms with E-state index in [1.807, 2.05) is 6.92 Å².